The third-order valence-electron chi connectivity index (χ3n) is 1.78. The van der Waals surface area contributed by atoms with E-state index < -0.39 is 16.8 Å². The van der Waals surface area contributed by atoms with Crippen LogP contribution in [0.4, 0.5) is 0 Å². The van der Waals surface area contributed by atoms with E-state index >= 15 is 0 Å². The molecule has 0 radical (unpaired) electrons. The lowest BCUT2D eigenvalue weighted by atomic mass is 10.2. The Morgan fingerprint density at radius 1 is 1.33 bits per heavy atom. The molecule has 0 spiro atoms. The lowest BCUT2D eigenvalue weighted by molar-refractivity contribution is -0.136. The first-order chi connectivity index (χ1) is 7.08. The van der Waals surface area contributed by atoms with Gasteiger partial charge in [-0.1, -0.05) is 23.7 Å². The second-order valence-electron chi connectivity index (χ2n) is 3.06. The number of rotatable bonds is 5. The van der Waals surface area contributed by atoms with Gasteiger partial charge in [0.15, 0.2) is 0 Å². The van der Waals surface area contributed by atoms with Gasteiger partial charge in [-0.3, -0.25) is 9.00 Å². The summed E-state index contributed by atoms with van der Waals surface area (Å²) in [6.07, 6.45) is -0.0554. The number of benzene rings is 1. The van der Waals surface area contributed by atoms with Crippen LogP contribution in [0.15, 0.2) is 24.3 Å². The van der Waals surface area contributed by atoms with Gasteiger partial charge < -0.3 is 5.11 Å². The second kappa shape index (κ2) is 5.88. The van der Waals surface area contributed by atoms with Crippen molar-refractivity contribution in [2.45, 2.75) is 12.2 Å². The molecule has 0 amide bonds. The first-order valence-corrected chi connectivity index (χ1v) is 6.26. The molecule has 1 unspecified atom stereocenters. The molecule has 1 atom stereocenters. The number of hydrogen-bond donors (Lipinski definition) is 1. The number of hydrogen-bond acceptors (Lipinski definition) is 2. The van der Waals surface area contributed by atoms with E-state index in [1.54, 1.807) is 24.3 Å². The molecular weight excluding hydrogens is 236 g/mol. The van der Waals surface area contributed by atoms with E-state index in [4.69, 9.17) is 16.7 Å². The van der Waals surface area contributed by atoms with Crippen molar-refractivity contribution < 1.29 is 14.1 Å². The SMILES string of the molecule is O=C(O)CCS(=O)Cc1ccc(Cl)cc1. The quantitative estimate of drug-likeness (QED) is 0.865. The van der Waals surface area contributed by atoms with Crippen molar-refractivity contribution in [1.82, 2.24) is 0 Å². The van der Waals surface area contributed by atoms with Crippen LogP contribution in [0.2, 0.25) is 5.02 Å². The topological polar surface area (TPSA) is 54.4 Å². The van der Waals surface area contributed by atoms with Gasteiger partial charge in [-0.15, -0.1) is 0 Å². The maximum Gasteiger partial charge on any atom is 0.304 e. The molecule has 0 bridgehead atoms. The Kier molecular flexibility index (Phi) is 4.78. The van der Waals surface area contributed by atoms with Crippen molar-refractivity contribution in [2.24, 2.45) is 0 Å². The molecule has 15 heavy (non-hydrogen) atoms. The largest absolute Gasteiger partial charge is 0.481 e. The molecule has 0 saturated carbocycles. The summed E-state index contributed by atoms with van der Waals surface area (Å²) in [7, 11) is -1.12. The number of carbonyl (C=O) groups is 1. The third-order valence-corrected chi connectivity index (χ3v) is 3.35. The number of carboxylic acid groups (broad SMARTS) is 1. The van der Waals surface area contributed by atoms with Gasteiger partial charge in [0.05, 0.1) is 6.42 Å². The van der Waals surface area contributed by atoms with Gasteiger partial charge in [0.2, 0.25) is 0 Å². The van der Waals surface area contributed by atoms with E-state index in [0.717, 1.165) is 5.56 Å². The average molecular weight is 247 g/mol. The van der Waals surface area contributed by atoms with Crippen LogP contribution in [-0.4, -0.2) is 21.0 Å². The molecule has 1 rings (SSSR count). The maximum absolute atomic E-state index is 11.4. The molecule has 0 fully saturated rings. The molecule has 0 aliphatic heterocycles. The molecule has 1 N–H and O–H groups in total. The van der Waals surface area contributed by atoms with Crippen molar-refractivity contribution in [3.8, 4) is 0 Å². The zero-order valence-electron chi connectivity index (χ0n) is 7.98. The number of halogens is 1. The number of carboxylic acids is 1. The van der Waals surface area contributed by atoms with Crippen molar-refractivity contribution in [3.05, 3.63) is 34.9 Å². The highest BCUT2D eigenvalue weighted by atomic mass is 35.5. The molecule has 0 heterocycles. The van der Waals surface area contributed by atoms with E-state index in [0.29, 0.717) is 10.8 Å². The predicted octanol–water partition coefficient (Wildman–Crippen LogP) is 2.06. The van der Waals surface area contributed by atoms with Gasteiger partial charge in [0.1, 0.15) is 0 Å². The molecular formula is C10H11ClO3S. The van der Waals surface area contributed by atoms with Crippen LogP contribution in [0, 0.1) is 0 Å². The fraction of sp³-hybridized carbons (Fsp3) is 0.300. The highest BCUT2D eigenvalue weighted by Gasteiger charge is 2.04. The second-order valence-corrected chi connectivity index (χ2v) is 5.07. The fourth-order valence-corrected chi connectivity index (χ4v) is 2.28. The van der Waals surface area contributed by atoms with Crippen LogP contribution in [0.25, 0.3) is 0 Å². The standard InChI is InChI=1S/C10H11ClO3S/c11-9-3-1-8(2-4-9)7-15(14)6-5-10(12)13/h1-4H,5-7H2,(H,12,13). The Labute approximate surface area is 95.5 Å². The molecule has 5 heteroatoms. The lowest BCUT2D eigenvalue weighted by Gasteiger charge is -2.01. The zero-order valence-corrected chi connectivity index (χ0v) is 9.55. The van der Waals surface area contributed by atoms with E-state index in [-0.39, 0.29) is 12.2 Å². The monoisotopic (exact) mass is 246 g/mol. The van der Waals surface area contributed by atoms with Gasteiger partial charge in [0.25, 0.3) is 0 Å². The first kappa shape index (κ1) is 12.2. The summed E-state index contributed by atoms with van der Waals surface area (Å²) in [4.78, 5) is 10.2. The smallest absolute Gasteiger partial charge is 0.304 e. The van der Waals surface area contributed by atoms with Crippen LogP contribution in [0.3, 0.4) is 0 Å². The van der Waals surface area contributed by atoms with Crippen LogP contribution >= 0.6 is 11.6 Å². The Morgan fingerprint density at radius 3 is 2.47 bits per heavy atom. The summed E-state index contributed by atoms with van der Waals surface area (Å²) < 4.78 is 11.4. The Bertz CT molecular complexity index is 361. The van der Waals surface area contributed by atoms with E-state index in [1.165, 1.54) is 0 Å². The first-order valence-electron chi connectivity index (χ1n) is 4.39. The van der Waals surface area contributed by atoms with Gasteiger partial charge in [-0.25, -0.2) is 0 Å². The Balaban J connectivity index is 2.44. The zero-order chi connectivity index (χ0) is 11.3. The van der Waals surface area contributed by atoms with E-state index in [2.05, 4.69) is 0 Å². The van der Waals surface area contributed by atoms with Crippen molar-refractivity contribution in [1.29, 1.82) is 0 Å². The maximum atomic E-state index is 11.4. The molecule has 0 aliphatic carbocycles. The van der Waals surface area contributed by atoms with Crippen molar-refractivity contribution in [2.75, 3.05) is 5.75 Å². The Morgan fingerprint density at radius 2 is 1.93 bits per heavy atom. The summed E-state index contributed by atoms with van der Waals surface area (Å²) in [6, 6.07) is 7.04. The molecule has 0 aromatic heterocycles. The summed E-state index contributed by atoms with van der Waals surface area (Å²) >= 11 is 5.70. The van der Waals surface area contributed by atoms with Crippen LogP contribution < -0.4 is 0 Å². The molecule has 0 aliphatic rings. The van der Waals surface area contributed by atoms with Gasteiger partial charge in [-0.05, 0) is 17.7 Å². The predicted molar refractivity (Wildman–Crippen MR) is 60.4 cm³/mol. The molecule has 82 valence electrons. The normalized spacial score (nSPS) is 12.3. The van der Waals surface area contributed by atoms with Crippen LogP contribution in [-0.2, 0) is 21.3 Å². The van der Waals surface area contributed by atoms with Crippen molar-refractivity contribution >= 4 is 28.4 Å². The van der Waals surface area contributed by atoms with Crippen molar-refractivity contribution in [3.63, 3.8) is 0 Å². The minimum absolute atomic E-state index is 0.0554. The van der Waals surface area contributed by atoms with Crippen LogP contribution in [0.5, 0.6) is 0 Å². The molecule has 1 aromatic rings. The van der Waals surface area contributed by atoms with E-state index in [1.807, 2.05) is 0 Å². The highest BCUT2D eigenvalue weighted by molar-refractivity contribution is 7.84. The summed E-state index contributed by atoms with van der Waals surface area (Å²) in [5.74, 6) is -0.345. The van der Waals surface area contributed by atoms with E-state index in [9.17, 15) is 9.00 Å². The summed E-state index contributed by atoms with van der Waals surface area (Å²) in [6.45, 7) is 0. The van der Waals surface area contributed by atoms with Crippen LogP contribution in [0.1, 0.15) is 12.0 Å². The number of aliphatic carboxylic acids is 1. The average Bonchev–Trinajstić information content (AvgIpc) is 2.19. The Hall–Kier alpha value is -0.870. The molecule has 3 nitrogen and oxygen atoms in total. The van der Waals surface area contributed by atoms with Gasteiger partial charge in [0, 0.05) is 27.3 Å². The summed E-state index contributed by atoms with van der Waals surface area (Å²) in [5, 5.41) is 9.05. The highest BCUT2D eigenvalue weighted by Crippen LogP contribution is 2.11. The van der Waals surface area contributed by atoms with Gasteiger partial charge >= 0.3 is 5.97 Å². The minimum atomic E-state index is -1.12. The third kappa shape index (κ3) is 4.95. The fourth-order valence-electron chi connectivity index (χ4n) is 1.04. The lowest BCUT2D eigenvalue weighted by Crippen LogP contribution is -2.06. The molecule has 0 saturated heterocycles. The summed E-state index contributed by atoms with van der Waals surface area (Å²) in [5.41, 5.74) is 0.906. The minimum Gasteiger partial charge on any atom is -0.481 e. The van der Waals surface area contributed by atoms with Gasteiger partial charge in [-0.2, -0.15) is 0 Å². The molecule has 1 aromatic carbocycles.